The number of hydrogen-bond acceptors (Lipinski definition) is 7. The van der Waals surface area contributed by atoms with Crippen molar-refractivity contribution in [3.05, 3.63) is 48.4 Å². The van der Waals surface area contributed by atoms with Gasteiger partial charge in [-0.1, -0.05) is 24.0 Å². The Kier molecular flexibility index (Phi) is 5.58. The zero-order valence-electron chi connectivity index (χ0n) is 15.7. The smallest absolute Gasteiger partial charge is 0.271 e. The molecular formula is C19H18N4O4S3. The van der Waals surface area contributed by atoms with Crippen molar-refractivity contribution in [2.75, 3.05) is 23.1 Å². The third-order valence-corrected chi connectivity index (χ3v) is 8.39. The van der Waals surface area contributed by atoms with Gasteiger partial charge in [-0.3, -0.25) is 14.3 Å². The van der Waals surface area contributed by atoms with Crippen LogP contribution in [0.3, 0.4) is 0 Å². The number of aromatic nitrogens is 1. The highest BCUT2D eigenvalue weighted by atomic mass is 32.2. The van der Waals surface area contributed by atoms with Crippen molar-refractivity contribution in [3.63, 3.8) is 0 Å². The van der Waals surface area contributed by atoms with Gasteiger partial charge in [0.05, 0.1) is 21.8 Å². The fraction of sp³-hybridized carbons (Fsp3) is 0.211. The lowest BCUT2D eigenvalue weighted by molar-refractivity contribution is -0.125. The second-order valence-electron chi connectivity index (χ2n) is 6.70. The summed E-state index contributed by atoms with van der Waals surface area (Å²) >= 11 is 2.40. The molecule has 0 radical (unpaired) electrons. The number of sulfonamides is 1. The summed E-state index contributed by atoms with van der Waals surface area (Å²) in [6, 6.07) is 8.24. The van der Waals surface area contributed by atoms with Crippen LogP contribution in [0.25, 0.3) is 10.2 Å². The monoisotopic (exact) mass is 462 g/mol. The van der Waals surface area contributed by atoms with E-state index in [2.05, 4.69) is 21.6 Å². The Labute approximate surface area is 181 Å². The van der Waals surface area contributed by atoms with Crippen molar-refractivity contribution in [1.29, 1.82) is 0 Å². The summed E-state index contributed by atoms with van der Waals surface area (Å²) in [5, 5.41) is 4.94. The Morgan fingerprint density at radius 1 is 1.30 bits per heavy atom. The summed E-state index contributed by atoms with van der Waals surface area (Å²) in [6.45, 7) is 4.35. The summed E-state index contributed by atoms with van der Waals surface area (Å²) in [6.07, 6.45) is 1.84. The van der Waals surface area contributed by atoms with Gasteiger partial charge in [-0.2, -0.15) is 0 Å². The van der Waals surface area contributed by atoms with Crippen LogP contribution < -0.4 is 10.0 Å². The van der Waals surface area contributed by atoms with E-state index in [-0.39, 0.29) is 21.9 Å². The first-order valence-electron chi connectivity index (χ1n) is 9.05. The summed E-state index contributed by atoms with van der Waals surface area (Å²) in [5.41, 5.74) is 1.08. The number of thiophene rings is 1. The SMILES string of the molecule is C=CC(=O)N1CC[C@H](C(=O)Nc2nc3ccc(NS(=O)(=O)c4cccs4)cc3s2)C1. The van der Waals surface area contributed by atoms with E-state index in [1.165, 1.54) is 17.4 Å². The number of likely N-dealkylation sites (tertiary alicyclic amines) is 1. The third-order valence-electron chi connectivity index (χ3n) is 4.68. The normalized spacial score (nSPS) is 16.5. The number of hydrogen-bond donors (Lipinski definition) is 2. The van der Waals surface area contributed by atoms with Crippen molar-refractivity contribution >= 4 is 65.5 Å². The number of benzene rings is 1. The molecule has 2 aromatic heterocycles. The minimum absolute atomic E-state index is 0.178. The second kappa shape index (κ2) is 8.17. The first-order chi connectivity index (χ1) is 14.4. The van der Waals surface area contributed by atoms with Gasteiger partial charge in [-0.15, -0.1) is 11.3 Å². The van der Waals surface area contributed by atoms with Crippen LogP contribution in [0.5, 0.6) is 0 Å². The average molecular weight is 463 g/mol. The Morgan fingerprint density at radius 2 is 2.13 bits per heavy atom. The van der Waals surface area contributed by atoms with Crippen LogP contribution in [0.15, 0.2) is 52.6 Å². The molecule has 0 saturated carbocycles. The van der Waals surface area contributed by atoms with Crippen LogP contribution in [0.1, 0.15) is 6.42 Å². The first-order valence-corrected chi connectivity index (χ1v) is 12.2. The molecule has 1 atom stereocenters. The number of carbonyl (C=O) groups excluding carboxylic acids is 2. The number of rotatable bonds is 6. The fourth-order valence-corrected chi connectivity index (χ4v) is 6.12. The highest BCUT2D eigenvalue weighted by Crippen LogP contribution is 2.30. The van der Waals surface area contributed by atoms with Gasteiger partial charge in [-0.05, 0) is 42.1 Å². The maximum atomic E-state index is 12.5. The highest BCUT2D eigenvalue weighted by molar-refractivity contribution is 7.94. The van der Waals surface area contributed by atoms with Gasteiger partial charge < -0.3 is 10.2 Å². The lowest BCUT2D eigenvalue weighted by atomic mass is 10.1. The Morgan fingerprint density at radius 3 is 2.87 bits per heavy atom. The Hall–Kier alpha value is -2.76. The van der Waals surface area contributed by atoms with Gasteiger partial charge in [0.25, 0.3) is 10.0 Å². The van der Waals surface area contributed by atoms with Gasteiger partial charge in [0, 0.05) is 13.1 Å². The van der Waals surface area contributed by atoms with E-state index in [1.54, 1.807) is 40.6 Å². The van der Waals surface area contributed by atoms with E-state index in [1.807, 2.05) is 0 Å². The lowest BCUT2D eigenvalue weighted by Crippen LogP contribution is -2.30. The second-order valence-corrected chi connectivity index (χ2v) is 10.6. The number of amides is 2. The average Bonchev–Trinajstić information content (AvgIpc) is 3.46. The van der Waals surface area contributed by atoms with E-state index in [9.17, 15) is 18.0 Å². The molecule has 156 valence electrons. The minimum atomic E-state index is -3.63. The molecule has 3 aromatic rings. The van der Waals surface area contributed by atoms with Gasteiger partial charge in [-0.25, -0.2) is 13.4 Å². The highest BCUT2D eigenvalue weighted by Gasteiger charge is 2.30. The molecular weight excluding hydrogens is 444 g/mol. The van der Waals surface area contributed by atoms with Crippen LogP contribution in [0, 0.1) is 5.92 Å². The van der Waals surface area contributed by atoms with E-state index < -0.39 is 10.0 Å². The van der Waals surface area contributed by atoms with Crippen LogP contribution in [-0.4, -0.2) is 43.2 Å². The maximum absolute atomic E-state index is 12.5. The van der Waals surface area contributed by atoms with Crippen molar-refractivity contribution < 1.29 is 18.0 Å². The molecule has 8 nitrogen and oxygen atoms in total. The van der Waals surface area contributed by atoms with Crippen molar-refractivity contribution in [3.8, 4) is 0 Å². The molecule has 30 heavy (non-hydrogen) atoms. The Balaban J connectivity index is 1.46. The molecule has 1 fully saturated rings. The number of anilines is 2. The summed E-state index contributed by atoms with van der Waals surface area (Å²) in [7, 11) is -3.63. The number of nitrogens with zero attached hydrogens (tertiary/aromatic N) is 2. The van der Waals surface area contributed by atoms with Gasteiger partial charge >= 0.3 is 0 Å². The standard InChI is InChI=1S/C19H18N4O4S3/c1-2-16(24)23-8-7-12(11-23)18(25)21-19-20-14-6-5-13(10-15(14)29-19)22-30(26,27)17-4-3-9-28-17/h2-6,9-10,12,22H,1,7-8,11H2,(H,20,21,25)/t12-/m0/s1. The van der Waals surface area contributed by atoms with E-state index in [4.69, 9.17) is 0 Å². The number of thiazole rings is 1. The molecule has 0 bridgehead atoms. The molecule has 1 saturated heterocycles. The van der Waals surface area contributed by atoms with Crippen LogP contribution >= 0.6 is 22.7 Å². The van der Waals surface area contributed by atoms with Crippen molar-refractivity contribution in [2.45, 2.75) is 10.6 Å². The fourth-order valence-electron chi connectivity index (χ4n) is 3.17. The van der Waals surface area contributed by atoms with Crippen molar-refractivity contribution in [2.24, 2.45) is 5.92 Å². The summed E-state index contributed by atoms with van der Waals surface area (Å²) in [5.74, 6) is -0.663. The topological polar surface area (TPSA) is 108 Å². The minimum Gasteiger partial charge on any atom is -0.338 e. The molecule has 11 heteroatoms. The summed E-state index contributed by atoms with van der Waals surface area (Å²) < 4.78 is 28.3. The van der Waals surface area contributed by atoms with Gasteiger partial charge in [0.15, 0.2) is 5.13 Å². The number of carbonyl (C=O) groups is 2. The lowest BCUT2D eigenvalue weighted by Gasteiger charge is -2.13. The molecule has 3 heterocycles. The molecule has 1 aliphatic rings. The first kappa shape index (κ1) is 20.5. The van der Waals surface area contributed by atoms with E-state index >= 15 is 0 Å². The maximum Gasteiger partial charge on any atom is 0.271 e. The Bertz CT molecular complexity index is 1220. The van der Waals surface area contributed by atoms with Crippen LogP contribution in [0.2, 0.25) is 0 Å². The van der Waals surface area contributed by atoms with Crippen molar-refractivity contribution in [1.82, 2.24) is 9.88 Å². The molecule has 0 unspecified atom stereocenters. The molecule has 1 aliphatic heterocycles. The van der Waals surface area contributed by atoms with Gasteiger partial charge in [0.1, 0.15) is 4.21 Å². The quantitative estimate of drug-likeness (QED) is 0.547. The molecule has 0 aliphatic carbocycles. The van der Waals surface area contributed by atoms with Crippen LogP contribution in [-0.2, 0) is 19.6 Å². The molecule has 4 rings (SSSR count). The largest absolute Gasteiger partial charge is 0.338 e. The third kappa shape index (κ3) is 4.23. The molecule has 2 N–H and O–H groups in total. The van der Waals surface area contributed by atoms with Crippen LogP contribution in [0.4, 0.5) is 10.8 Å². The predicted octanol–water partition coefficient (Wildman–Crippen LogP) is 3.13. The molecule has 0 spiro atoms. The molecule has 2 amide bonds. The molecule has 1 aromatic carbocycles. The van der Waals surface area contributed by atoms with Gasteiger partial charge in [0.2, 0.25) is 11.8 Å². The number of fused-ring (bicyclic) bond motifs is 1. The van der Waals surface area contributed by atoms with E-state index in [0.29, 0.717) is 35.8 Å². The predicted molar refractivity (Wildman–Crippen MR) is 118 cm³/mol. The van der Waals surface area contributed by atoms with E-state index in [0.717, 1.165) is 16.0 Å². The number of nitrogens with one attached hydrogen (secondary N) is 2. The zero-order chi connectivity index (χ0) is 21.3. The summed E-state index contributed by atoms with van der Waals surface area (Å²) in [4.78, 5) is 30.2. The zero-order valence-corrected chi connectivity index (χ0v) is 18.1.